The van der Waals surface area contributed by atoms with Crippen LogP contribution in [-0.4, -0.2) is 5.91 Å². The summed E-state index contributed by atoms with van der Waals surface area (Å²) in [7, 11) is 0. The molecule has 1 aromatic rings. The van der Waals surface area contributed by atoms with Crippen LogP contribution in [0.1, 0.15) is 102 Å². The molecule has 0 spiro atoms. The molecule has 1 rings (SSSR count). The second kappa shape index (κ2) is 16.6. The highest BCUT2D eigenvalue weighted by Gasteiger charge is 1.99. The van der Waals surface area contributed by atoms with Gasteiger partial charge >= 0.3 is 0 Å². The van der Waals surface area contributed by atoms with E-state index in [0.717, 1.165) is 12.1 Å². The van der Waals surface area contributed by atoms with Crippen molar-refractivity contribution < 1.29 is 4.79 Å². The summed E-state index contributed by atoms with van der Waals surface area (Å²) in [5.74, 6) is -0.158. The lowest BCUT2D eigenvalue weighted by molar-refractivity contribution is -0.111. The van der Waals surface area contributed by atoms with Crippen molar-refractivity contribution in [3.8, 4) is 0 Å². The molecule has 0 heterocycles. The third-order valence-corrected chi connectivity index (χ3v) is 5.23. The Kier molecular flexibility index (Phi) is 14.4. The minimum atomic E-state index is -0.158. The first-order valence-corrected chi connectivity index (χ1v) is 11.3. The van der Waals surface area contributed by atoms with E-state index in [4.69, 9.17) is 0 Å². The Morgan fingerprint density at radius 1 is 0.778 bits per heavy atom. The minimum Gasteiger partial charge on any atom is -0.323 e. The maximum absolute atomic E-state index is 11.3. The zero-order valence-corrected chi connectivity index (χ0v) is 17.6. The second-order valence-corrected chi connectivity index (χ2v) is 7.74. The van der Waals surface area contributed by atoms with Crippen molar-refractivity contribution in [2.75, 3.05) is 5.32 Å². The average Bonchev–Trinajstić information content (AvgIpc) is 2.69. The standard InChI is InChI=1S/C25H41NO/c1-3-5-6-7-8-9-10-11-12-13-14-15-16-17-18-23-19-21-24(22-20-23)26-25(27)4-2/h4,19-22H,2-3,5-18H2,1H3,(H,26,27). The molecule has 1 aromatic carbocycles. The summed E-state index contributed by atoms with van der Waals surface area (Å²) in [4.78, 5) is 11.3. The number of unbranched alkanes of at least 4 members (excludes halogenated alkanes) is 13. The summed E-state index contributed by atoms with van der Waals surface area (Å²) in [6.45, 7) is 5.75. The van der Waals surface area contributed by atoms with E-state index in [-0.39, 0.29) is 5.91 Å². The number of aryl methyl sites for hydroxylation is 1. The van der Waals surface area contributed by atoms with Gasteiger partial charge in [0.05, 0.1) is 0 Å². The molecule has 2 heteroatoms. The first-order chi connectivity index (χ1) is 13.3. The average molecular weight is 372 g/mol. The van der Waals surface area contributed by atoms with Gasteiger partial charge in [-0.15, -0.1) is 0 Å². The number of anilines is 1. The molecule has 1 N–H and O–H groups in total. The van der Waals surface area contributed by atoms with Crippen molar-refractivity contribution in [2.45, 2.75) is 103 Å². The van der Waals surface area contributed by atoms with E-state index in [2.05, 4.69) is 31.0 Å². The van der Waals surface area contributed by atoms with Gasteiger partial charge in [-0.3, -0.25) is 4.79 Å². The van der Waals surface area contributed by atoms with Crippen molar-refractivity contribution in [3.05, 3.63) is 42.5 Å². The maximum Gasteiger partial charge on any atom is 0.247 e. The van der Waals surface area contributed by atoms with Crippen LogP contribution < -0.4 is 5.32 Å². The molecule has 27 heavy (non-hydrogen) atoms. The van der Waals surface area contributed by atoms with E-state index in [0.29, 0.717) is 0 Å². The first-order valence-electron chi connectivity index (χ1n) is 11.3. The Morgan fingerprint density at radius 3 is 1.67 bits per heavy atom. The van der Waals surface area contributed by atoms with Crippen molar-refractivity contribution in [1.82, 2.24) is 0 Å². The Morgan fingerprint density at radius 2 is 1.22 bits per heavy atom. The number of hydrogen-bond acceptors (Lipinski definition) is 1. The first kappa shape index (κ1) is 23.5. The van der Waals surface area contributed by atoms with Gasteiger partial charge in [-0.05, 0) is 36.6 Å². The summed E-state index contributed by atoms with van der Waals surface area (Å²) < 4.78 is 0. The van der Waals surface area contributed by atoms with Gasteiger partial charge < -0.3 is 5.32 Å². The number of carbonyl (C=O) groups is 1. The fraction of sp³-hybridized carbons (Fsp3) is 0.640. The predicted molar refractivity (Wildman–Crippen MR) is 119 cm³/mol. The van der Waals surface area contributed by atoms with E-state index in [1.54, 1.807) is 0 Å². The lowest BCUT2D eigenvalue weighted by Gasteiger charge is -2.05. The van der Waals surface area contributed by atoms with Crippen LogP contribution in [0.5, 0.6) is 0 Å². The zero-order valence-electron chi connectivity index (χ0n) is 17.6. The Bertz CT molecular complexity index is 492. The van der Waals surface area contributed by atoms with E-state index >= 15 is 0 Å². The van der Waals surface area contributed by atoms with Crippen LogP contribution in [-0.2, 0) is 11.2 Å². The summed E-state index contributed by atoms with van der Waals surface area (Å²) in [6, 6.07) is 8.17. The summed E-state index contributed by atoms with van der Waals surface area (Å²) in [6.07, 6.45) is 22.0. The molecule has 0 radical (unpaired) electrons. The molecule has 0 saturated carbocycles. The van der Waals surface area contributed by atoms with Crippen LogP contribution in [0.2, 0.25) is 0 Å². The zero-order chi connectivity index (χ0) is 19.6. The van der Waals surface area contributed by atoms with Crippen LogP contribution >= 0.6 is 0 Å². The fourth-order valence-corrected chi connectivity index (χ4v) is 3.47. The lowest BCUT2D eigenvalue weighted by atomic mass is 10.0. The molecule has 0 aliphatic rings. The van der Waals surface area contributed by atoms with E-state index < -0.39 is 0 Å². The quantitative estimate of drug-likeness (QED) is 0.219. The number of nitrogens with one attached hydrogen (secondary N) is 1. The van der Waals surface area contributed by atoms with Gasteiger partial charge in [0, 0.05) is 5.69 Å². The van der Waals surface area contributed by atoms with Gasteiger partial charge in [0.2, 0.25) is 5.91 Å². The van der Waals surface area contributed by atoms with E-state index in [1.807, 2.05) is 12.1 Å². The highest BCUT2D eigenvalue weighted by molar-refractivity contribution is 5.98. The third kappa shape index (κ3) is 13.3. The molecule has 1 amide bonds. The molecule has 0 saturated heterocycles. The number of hydrogen-bond donors (Lipinski definition) is 1. The van der Waals surface area contributed by atoms with Gasteiger partial charge in [-0.25, -0.2) is 0 Å². The summed E-state index contributed by atoms with van der Waals surface area (Å²) >= 11 is 0. The van der Waals surface area contributed by atoms with Crippen LogP contribution in [0.15, 0.2) is 36.9 Å². The molecular weight excluding hydrogens is 330 g/mol. The molecule has 0 aliphatic heterocycles. The van der Waals surface area contributed by atoms with Gasteiger partial charge in [0.25, 0.3) is 0 Å². The topological polar surface area (TPSA) is 29.1 Å². The van der Waals surface area contributed by atoms with Crippen molar-refractivity contribution in [2.24, 2.45) is 0 Å². The van der Waals surface area contributed by atoms with Crippen molar-refractivity contribution in [1.29, 1.82) is 0 Å². The summed E-state index contributed by atoms with van der Waals surface area (Å²) in [5, 5.41) is 2.78. The van der Waals surface area contributed by atoms with Crippen LogP contribution in [0.3, 0.4) is 0 Å². The number of amides is 1. The summed E-state index contributed by atoms with van der Waals surface area (Å²) in [5.41, 5.74) is 2.19. The largest absolute Gasteiger partial charge is 0.323 e. The number of benzene rings is 1. The van der Waals surface area contributed by atoms with Crippen LogP contribution in [0, 0.1) is 0 Å². The smallest absolute Gasteiger partial charge is 0.247 e. The fourth-order valence-electron chi connectivity index (χ4n) is 3.47. The van der Waals surface area contributed by atoms with Gasteiger partial charge in [-0.2, -0.15) is 0 Å². The number of rotatable bonds is 17. The monoisotopic (exact) mass is 371 g/mol. The van der Waals surface area contributed by atoms with Gasteiger partial charge in [-0.1, -0.05) is 109 Å². The molecule has 0 aliphatic carbocycles. The SMILES string of the molecule is C=CC(=O)Nc1ccc(CCCCCCCCCCCCCCCC)cc1. The minimum absolute atomic E-state index is 0.158. The van der Waals surface area contributed by atoms with Crippen molar-refractivity contribution in [3.63, 3.8) is 0 Å². The molecule has 0 aromatic heterocycles. The Balaban J connectivity index is 1.90. The lowest BCUT2D eigenvalue weighted by Crippen LogP contribution is -2.06. The van der Waals surface area contributed by atoms with E-state index in [1.165, 1.54) is 102 Å². The predicted octanol–water partition coefficient (Wildman–Crippen LogP) is 7.83. The van der Waals surface area contributed by atoms with Gasteiger partial charge in [0.15, 0.2) is 0 Å². The second-order valence-electron chi connectivity index (χ2n) is 7.74. The van der Waals surface area contributed by atoms with Crippen LogP contribution in [0.4, 0.5) is 5.69 Å². The normalized spacial score (nSPS) is 10.7. The maximum atomic E-state index is 11.3. The van der Waals surface area contributed by atoms with E-state index in [9.17, 15) is 4.79 Å². The Labute approximate surface area is 167 Å². The van der Waals surface area contributed by atoms with Gasteiger partial charge in [0.1, 0.15) is 0 Å². The molecule has 0 atom stereocenters. The molecule has 0 bridgehead atoms. The highest BCUT2D eigenvalue weighted by Crippen LogP contribution is 2.15. The third-order valence-electron chi connectivity index (χ3n) is 5.23. The Hall–Kier alpha value is -1.57. The highest BCUT2D eigenvalue weighted by atomic mass is 16.1. The molecule has 0 unspecified atom stereocenters. The molecule has 0 fully saturated rings. The van der Waals surface area contributed by atoms with Crippen LogP contribution in [0.25, 0.3) is 0 Å². The molecule has 2 nitrogen and oxygen atoms in total. The number of carbonyl (C=O) groups excluding carboxylic acids is 1. The van der Waals surface area contributed by atoms with Crippen molar-refractivity contribution >= 4 is 11.6 Å². The molecular formula is C25H41NO. The molecule has 152 valence electrons.